The van der Waals surface area contributed by atoms with Gasteiger partial charge in [0, 0.05) is 23.9 Å². The molecule has 39 heavy (non-hydrogen) atoms. The van der Waals surface area contributed by atoms with Crippen LogP contribution in [0.2, 0.25) is 0 Å². The van der Waals surface area contributed by atoms with Crippen LogP contribution in [-0.4, -0.2) is 48.7 Å². The summed E-state index contributed by atoms with van der Waals surface area (Å²) in [4.78, 5) is 35.9. The van der Waals surface area contributed by atoms with E-state index in [0.717, 1.165) is 24.3 Å². The number of aliphatic carboxylic acids is 1. The summed E-state index contributed by atoms with van der Waals surface area (Å²) in [5, 5.41) is 58.1. The van der Waals surface area contributed by atoms with E-state index >= 15 is 0 Å². The third-order valence-electron chi connectivity index (χ3n) is 5.41. The molecule has 4 rings (SSSR count). The van der Waals surface area contributed by atoms with Crippen LogP contribution in [0.1, 0.15) is 11.1 Å². The van der Waals surface area contributed by atoms with Crippen molar-refractivity contribution in [3.63, 3.8) is 0 Å². The molecule has 0 spiro atoms. The van der Waals surface area contributed by atoms with Gasteiger partial charge in [0.05, 0.1) is 0 Å². The minimum atomic E-state index is -1.57. The number of phenols is 5. The molecule has 0 aliphatic heterocycles. The normalized spacial score (nSPS) is 11.9. The summed E-state index contributed by atoms with van der Waals surface area (Å²) in [5.74, 6) is -5.00. The molecule has 12 nitrogen and oxygen atoms in total. The highest BCUT2D eigenvalue weighted by Crippen LogP contribution is 2.34. The van der Waals surface area contributed by atoms with Gasteiger partial charge in [0.1, 0.15) is 5.58 Å². The number of carboxylic acids is 1. The van der Waals surface area contributed by atoms with Crippen LogP contribution in [0.25, 0.3) is 17.0 Å². The summed E-state index contributed by atoms with van der Waals surface area (Å²) in [6.07, 6.45) is 0.352. The van der Waals surface area contributed by atoms with Gasteiger partial charge in [-0.3, -0.25) is 0 Å². The fourth-order valence-electron chi connectivity index (χ4n) is 3.47. The SMILES string of the molecule is O=C(C=Cc1ccc(Oc2cc3cc(O)c(O)cc3oc2=O)c(O)c1)O[C@H](Cc1ccc(O)c(O)c1)C(=O)O. The van der Waals surface area contributed by atoms with Crippen molar-refractivity contribution in [2.24, 2.45) is 0 Å². The summed E-state index contributed by atoms with van der Waals surface area (Å²) < 4.78 is 15.5. The number of rotatable bonds is 8. The van der Waals surface area contributed by atoms with E-state index < -0.39 is 46.7 Å². The number of esters is 1. The van der Waals surface area contributed by atoms with E-state index in [2.05, 4.69) is 0 Å². The van der Waals surface area contributed by atoms with Crippen LogP contribution in [0.5, 0.6) is 40.2 Å². The number of hydrogen-bond donors (Lipinski definition) is 6. The lowest BCUT2D eigenvalue weighted by Crippen LogP contribution is -2.28. The summed E-state index contributed by atoms with van der Waals surface area (Å²) in [5.41, 5.74) is -0.289. The van der Waals surface area contributed by atoms with Crippen molar-refractivity contribution in [2.45, 2.75) is 12.5 Å². The van der Waals surface area contributed by atoms with Crippen LogP contribution in [0, 0.1) is 0 Å². The quantitative estimate of drug-likeness (QED) is 0.0830. The second-order valence-corrected chi connectivity index (χ2v) is 8.23. The van der Waals surface area contributed by atoms with Crippen LogP contribution in [0.15, 0.2) is 69.9 Å². The first-order valence-corrected chi connectivity index (χ1v) is 11.1. The zero-order chi connectivity index (χ0) is 28.3. The van der Waals surface area contributed by atoms with Crippen molar-refractivity contribution in [2.75, 3.05) is 0 Å². The second-order valence-electron chi connectivity index (χ2n) is 8.23. The van der Waals surface area contributed by atoms with E-state index in [4.69, 9.17) is 13.9 Å². The molecule has 200 valence electrons. The van der Waals surface area contributed by atoms with Crippen LogP contribution in [0.4, 0.5) is 0 Å². The monoisotopic (exact) mass is 536 g/mol. The Morgan fingerprint density at radius 1 is 0.821 bits per heavy atom. The predicted molar refractivity (Wildman–Crippen MR) is 134 cm³/mol. The van der Waals surface area contributed by atoms with E-state index in [0.29, 0.717) is 11.1 Å². The third kappa shape index (κ3) is 6.20. The van der Waals surface area contributed by atoms with Gasteiger partial charge in [-0.05, 0) is 53.6 Å². The van der Waals surface area contributed by atoms with Gasteiger partial charge in [0.25, 0.3) is 0 Å². The molecule has 0 aliphatic carbocycles. The average Bonchev–Trinajstić information content (AvgIpc) is 2.87. The lowest BCUT2D eigenvalue weighted by atomic mass is 10.1. The number of carbonyl (C=O) groups is 2. The van der Waals surface area contributed by atoms with E-state index in [1.165, 1.54) is 42.5 Å². The number of benzene rings is 3. The molecule has 0 unspecified atom stereocenters. The number of aromatic hydroxyl groups is 5. The number of ether oxygens (including phenoxy) is 2. The molecule has 4 aromatic rings. The second kappa shape index (κ2) is 10.8. The molecule has 0 saturated heterocycles. The van der Waals surface area contributed by atoms with Crippen LogP contribution in [-0.2, 0) is 20.7 Å². The Balaban J connectivity index is 1.44. The number of fused-ring (bicyclic) bond motifs is 1. The van der Waals surface area contributed by atoms with E-state index in [1.807, 2.05) is 0 Å². The molecule has 12 heteroatoms. The lowest BCUT2D eigenvalue weighted by Gasteiger charge is -2.13. The molecule has 0 amide bonds. The Bertz CT molecular complexity index is 1670. The summed E-state index contributed by atoms with van der Waals surface area (Å²) in [6.45, 7) is 0. The smallest absolute Gasteiger partial charge is 0.379 e. The maximum absolute atomic E-state index is 12.2. The molecule has 0 aliphatic rings. The molecule has 3 aromatic carbocycles. The van der Waals surface area contributed by atoms with Gasteiger partial charge >= 0.3 is 17.6 Å². The highest BCUT2D eigenvalue weighted by molar-refractivity contribution is 5.89. The molecule has 0 bridgehead atoms. The van der Waals surface area contributed by atoms with Gasteiger partial charge in [0.15, 0.2) is 34.5 Å². The van der Waals surface area contributed by atoms with Gasteiger partial charge < -0.3 is 44.5 Å². The highest BCUT2D eigenvalue weighted by Gasteiger charge is 2.22. The maximum atomic E-state index is 12.2. The Morgan fingerprint density at radius 2 is 1.54 bits per heavy atom. The highest BCUT2D eigenvalue weighted by atomic mass is 16.6. The molecular weight excluding hydrogens is 516 g/mol. The average molecular weight is 536 g/mol. The van der Waals surface area contributed by atoms with Crippen LogP contribution >= 0.6 is 0 Å². The van der Waals surface area contributed by atoms with Gasteiger partial charge in [0.2, 0.25) is 11.9 Å². The topological polar surface area (TPSA) is 204 Å². The van der Waals surface area contributed by atoms with Gasteiger partial charge in [-0.2, -0.15) is 0 Å². The van der Waals surface area contributed by atoms with E-state index in [9.17, 15) is 45.0 Å². The van der Waals surface area contributed by atoms with Gasteiger partial charge in [-0.25, -0.2) is 14.4 Å². The van der Waals surface area contributed by atoms with Crippen molar-refractivity contribution >= 4 is 29.0 Å². The van der Waals surface area contributed by atoms with E-state index in [-0.39, 0.29) is 34.6 Å². The number of hydrogen-bond acceptors (Lipinski definition) is 11. The lowest BCUT2D eigenvalue weighted by molar-refractivity contribution is -0.160. The number of carbonyl (C=O) groups excluding carboxylic acids is 1. The van der Waals surface area contributed by atoms with Crippen molar-refractivity contribution < 1.29 is 54.1 Å². The first-order valence-electron chi connectivity index (χ1n) is 11.1. The van der Waals surface area contributed by atoms with Gasteiger partial charge in [-0.1, -0.05) is 12.1 Å². The third-order valence-corrected chi connectivity index (χ3v) is 5.41. The van der Waals surface area contributed by atoms with Crippen molar-refractivity contribution in [3.05, 3.63) is 82.2 Å². The Hall–Kier alpha value is -5.65. The predicted octanol–water partition coefficient (Wildman–Crippen LogP) is 3.37. The first kappa shape index (κ1) is 26.4. The largest absolute Gasteiger partial charge is 0.504 e. The Morgan fingerprint density at radius 3 is 2.23 bits per heavy atom. The summed E-state index contributed by atoms with van der Waals surface area (Å²) in [7, 11) is 0. The van der Waals surface area contributed by atoms with Crippen molar-refractivity contribution in [1.29, 1.82) is 0 Å². The molecule has 0 fully saturated rings. The minimum absolute atomic E-state index is 0.00518. The Kier molecular flexibility index (Phi) is 7.29. The molecule has 6 N–H and O–H groups in total. The fraction of sp³-hybridized carbons (Fsp3) is 0.0741. The summed E-state index contributed by atoms with van der Waals surface area (Å²) in [6, 6.07) is 11.1. The molecule has 1 heterocycles. The zero-order valence-corrected chi connectivity index (χ0v) is 19.8. The van der Waals surface area contributed by atoms with Crippen molar-refractivity contribution in [3.8, 4) is 40.2 Å². The van der Waals surface area contributed by atoms with Gasteiger partial charge in [-0.15, -0.1) is 0 Å². The molecule has 0 saturated carbocycles. The maximum Gasteiger partial charge on any atom is 0.379 e. The Labute approximate surface area is 218 Å². The van der Waals surface area contributed by atoms with E-state index in [1.54, 1.807) is 0 Å². The zero-order valence-electron chi connectivity index (χ0n) is 19.8. The van der Waals surface area contributed by atoms with Crippen LogP contribution < -0.4 is 10.4 Å². The van der Waals surface area contributed by atoms with Crippen molar-refractivity contribution in [1.82, 2.24) is 0 Å². The number of carboxylic acid groups (broad SMARTS) is 1. The van der Waals surface area contributed by atoms with Crippen LogP contribution in [0.3, 0.4) is 0 Å². The molecular formula is C27H20O12. The molecule has 1 atom stereocenters. The summed E-state index contributed by atoms with van der Waals surface area (Å²) >= 11 is 0. The molecule has 0 radical (unpaired) electrons. The molecule has 1 aromatic heterocycles. The standard InChI is InChI=1S/C27H20O12/c28-16-4-1-14(8-17(16)29)9-23(26(34)35)38-25(33)6-3-13-2-5-21(20(32)7-13)37-24-11-15-10-18(30)19(31)12-22(15)39-27(24)36/h1-8,10-12,23,28-32H,9H2,(H,34,35)/t23-/m1/s1. The minimum Gasteiger partial charge on any atom is -0.504 e. The fourth-order valence-corrected chi connectivity index (χ4v) is 3.47. The number of phenolic OH excluding ortho intramolecular Hbond substituents is 5. The first-order chi connectivity index (χ1) is 18.5.